The lowest BCUT2D eigenvalue weighted by molar-refractivity contribution is 0.422. The second-order valence-electron chi connectivity index (χ2n) is 13.0. The van der Waals surface area contributed by atoms with Crippen molar-refractivity contribution < 1.29 is 9.15 Å². The Morgan fingerprint density at radius 2 is 1.02 bits per heavy atom. The molecule has 0 aliphatic carbocycles. The van der Waals surface area contributed by atoms with E-state index in [4.69, 9.17) is 48.1 Å². The van der Waals surface area contributed by atoms with E-state index in [9.17, 15) is 0 Å². The van der Waals surface area contributed by atoms with Crippen molar-refractivity contribution in [2.75, 3.05) is 12.8 Å². The lowest BCUT2D eigenvalue weighted by Gasteiger charge is -2.17. The van der Waals surface area contributed by atoms with Crippen LogP contribution in [-0.2, 0) is 0 Å². The van der Waals surface area contributed by atoms with Crippen molar-refractivity contribution in [2.45, 2.75) is 0 Å². The standard InChI is InChI=1S/C23H16ClN3O.C22H11ClN2O/c1-28-22-17-9-5-3-7-15(17)14-6-2-4-8-16(14)20(22)21-23(25)27-19-12-13(24)10-11-18(19)26-21;23-12-9-10-17-18(11-12)25-22-20(24-17)19-15-7-3-1-5-13(15)14-6-2-4-8-16(14)21(19)26-22/h2-12H,1H3,(H2,25,27);1-11H. The number of nitrogens with two attached hydrogens (primary N) is 1. The van der Waals surface area contributed by atoms with Gasteiger partial charge in [-0.2, -0.15) is 0 Å². The number of hydrogen-bond donors (Lipinski definition) is 1. The Morgan fingerprint density at radius 1 is 0.519 bits per heavy atom. The Balaban J connectivity index is 0.000000134. The smallest absolute Gasteiger partial charge is 0.246 e. The average molecular weight is 741 g/mol. The lowest BCUT2D eigenvalue weighted by Crippen LogP contribution is -2.01. The SMILES string of the molecule is COc1c(-c2nc3ccc(Cl)cc3nc2N)c2ccccc2c2ccccc12.Clc1ccc2nc3c(nc2c1)oc1c2ccccc2c2ccccc2c31. The highest BCUT2D eigenvalue weighted by Crippen LogP contribution is 2.45. The second kappa shape index (κ2) is 12.6. The summed E-state index contributed by atoms with van der Waals surface area (Å²) in [5.74, 6) is 1.08. The fraction of sp³-hybridized carbons (Fsp3) is 0.0222. The summed E-state index contributed by atoms with van der Waals surface area (Å²) >= 11 is 12.2. The van der Waals surface area contributed by atoms with Crippen LogP contribution in [0, 0.1) is 0 Å². The molecule has 0 spiro atoms. The fourth-order valence-corrected chi connectivity index (χ4v) is 7.91. The minimum atomic E-state index is 0.341. The first-order chi connectivity index (χ1) is 26.5. The van der Waals surface area contributed by atoms with Crippen molar-refractivity contribution in [1.82, 2.24) is 19.9 Å². The molecule has 0 aliphatic rings. The number of rotatable bonds is 2. The average Bonchev–Trinajstić information content (AvgIpc) is 3.58. The van der Waals surface area contributed by atoms with Gasteiger partial charge < -0.3 is 14.9 Å². The number of anilines is 1. The van der Waals surface area contributed by atoms with E-state index in [1.54, 1.807) is 19.2 Å². The van der Waals surface area contributed by atoms with Gasteiger partial charge in [0.2, 0.25) is 5.71 Å². The quantitative estimate of drug-likeness (QED) is 0.176. The third-order valence-corrected chi connectivity index (χ3v) is 10.4. The van der Waals surface area contributed by atoms with Gasteiger partial charge in [-0.3, -0.25) is 0 Å². The molecule has 0 radical (unpaired) electrons. The molecule has 11 aromatic rings. The van der Waals surface area contributed by atoms with Crippen molar-refractivity contribution in [3.63, 3.8) is 0 Å². The third-order valence-electron chi connectivity index (χ3n) is 9.89. The van der Waals surface area contributed by atoms with Gasteiger partial charge in [0.1, 0.15) is 22.5 Å². The Kier molecular flexibility index (Phi) is 7.47. The molecule has 0 fully saturated rings. The van der Waals surface area contributed by atoms with Crippen LogP contribution in [0.2, 0.25) is 10.0 Å². The summed E-state index contributed by atoms with van der Waals surface area (Å²) in [7, 11) is 1.67. The molecule has 11 rings (SSSR count). The molecule has 54 heavy (non-hydrogen) atoms. The Labute approximate surface area is 317 Å². The number of furan rings is 1. The minimum absolute atomic E-state index is 0.341. The maximum atomic E-state index is 6.36. The molecule has 7 nitrogen and oxygen atoms in total. The molecular weight excluding hydrogens is 713 g/mol. The van der Waals surface area contributed by atoms with E-state index in [1.807, 2.05) is 60.7 Å². The largest absolute Gasteiger partial charge is 0.495 e. The summed E-state index contributed by atoms with van der Waals surface area (Å²) in [6, 6.07) is 44.0. The summed E-state index contributed by atoms with van der Waals surface area (Å²) in [5, 5.41) is 11.1. The molecule has 0 aliphatic heterocycles. The summed E-state index contributed by atoms with van der Waals surface area (Å²) in [6.45, 7) is 0. The second-order valence-corrected chi connectivity index (χ2v) is 13.9. The zero-order chi connectivity index (χ0) is 36.5. The molecule has 8 aromatic carbocycles. The summed E-state index contributed by atoms with van der Waals surface area (Å²) < 4.78 is 12.1. The van der Waals surface area contributed by atoms with E-state index in [0.29, 0.717) is 32.8 Å². The molecule has 0 saturated heterocycles. The molecule has 258 valence electrons. The Hall–Kier alpha value is -6.54. The fourth-order valence-electron chi connectivity index (χ4n) is 7.57. The van der Waals surface area contributed by atoms with Crippen LogP contribution in [0.1, 0.15) is 0 Å². The van der Waals surface area contributed by atoms with Crippen LogP contribution in [0.15, 0.2) is 138 Å². The van der Waals surface area contributed by atoms with E-state index >= 15 is 0 Å². The van der Waals surface area contributed by atoms with E-state index < -0.39 is 0 Å². The minimum Gasteiger partial charge on any atom is -0.495 e. The van der Waals surface area contributed by atoms with Gasteiger partial charge >= 0.3 is 0 Å². The normalized spacial score (nSPS) is 11.7. The van der Waals surface area contributed by atoms with Crippen molar-refractivity contribution in [3.05, 3.63) is 144 Å². The van der Waals surface area contributed by atoms with Gasteiger partial charge in [0.25, 0.3) is 0 Å². The van der Waals surface area contributed by atoms with Crippen LogP contribution >= 0.6 is 23.2 Å². The van der Waals surface area contributed by atoms with Crippen molar-refractivity contribution in [2.24, 2.45) is 0 Å². The molecule has 0 atom stereocenters. The first-order valence-corrected chi connectivity index (χ1v) is 18.0. The lowest BCUT2D eigenvalue weighted by atomic mass is 9.94. The monoisotopic (exact) mass is 739 g/mol. The van der Waals surface area contributed by atoms with Gasteiger partial charge in [-0.15, -0.1) is 0 Å². The third kappa shape index (κ3) is 5.05. The van der Waals surface area contributed by atoms with E-state index in [-0.39, 0.29) is 0 Å². The Morgan fingerprint density at radius 3 is 1.67 bits per heavy atom. The number of benzene rings is 8. The molecule has 2 N–H and O–H groups in total. The van der Waals surface area contributed by atoms with Gasteiger partial charge in [0, 0.05) is 20.8 Å². The van der Waals surface area contributed by atoms with Crippen LogP contribution in [0.5, 0.6) is 5.75 Å². The highest BCUT2D eigenvalue weighted by Gasteiger charge is 2.21. The zero-order valence-corrected chi connectivity index (χ0v) is 30.2. The van der Waals surface area contributed by atoms with Crippen LogP contribution in [0.25, 0.3) is 98.6 Å². The first-order valence-electron chi connectivity index (χ1n) is 17.3. The topological polar surface area (TPSA) is 100.0 Å². The number of halogens is 2. The predicted octanol–water partition coefficient (Wildman–Crippen LogP) is 12.3. The van der Waals surface area contributed by atoms with Gasteiger partial charge in [-0.25, -0.2) is 19.9 Å². The van der Waals surface area contributed by atoms with Crippen molar-refractivity contribution in [3.8, 4) is 17.0 Å². The number of methoxy groups -OCH3 is 1. The molecule has 0 amide bonds. The van der Waals surface area contributed by atoms with Crippen LogP contribution < -0.4 is 10.5 Å². The number of fused-ring (bicyclic) bond motifs is 13. The van der Waals surface area contributed by atoms with Gasteiger partial charge in [0.15, 0.2) is 5.82 Å². The number of hydrogen-bond acceptors (Lipinski definition) is 7. The van der Waals surface area contributed by atoms with E-state index in [2.05, 4.69) is 70.6 Å². The maximum Gasteiger partial charge on any atom is 0.246 e. The Bertz CT molecular complexity index is 3330. The van der Waals surface area contributed by atoms with Crippen LogP contribution in [0.3, 0.4) is 0 Å². The zero-order valence-electron chi connectivity index (χ0n) is 28.6. The maximum absolute atomic E-state index is 6.36. The first kappa shape index (κ1) is 32.1. The molecule has 3 aromatic heterocycles. The molecule has 3 heterocycles. The molecule has 9 heteroatoms. The number of nitrogen functional groups attached to an aromatic ring is 1. The highest BCUT2D eigenvalue weighted by atomic mass is 35.5. The number of nitrogens with zero attached hydrogens (tertiary/aromatic N) is 4. The molecule has 0 saturated carbocycles. The summed E-state index contributed by atoms with van der Waals surface area (Å²) in [5.41, 5.74) is 12.9. The number of aromatic nitrogens is 4. The van der Waals surface area contributed by atoms with Crippen LogP contribution in [-0.4, -0.2) is 27.0 Å². The molecule has 0 bridgehead atoms. The summed E-state index contributed by atoms with van der Waals surface area (Å²) in [4.78, 5) is 18.9. The molecular formula is C45H27Cl2N5O2. The van der Waals surface area contributed by atoms with Crippen molar-refractivity contribution >= 4 is 116 Å². The van der Waals surface area contributed by atoms with E-state index in [1.165, 1.54) is 10.8 Å². The van der Waals surface area contributed by atoms with Gasteiger partial charge in [-0.1, -0.05) is 120 Å². The summed E-state index contributed by atoms with van der Waals surface area (Å²) in [6.07, 6.45) is 0. The molecule has 0 unspecified atom stereocenters. The van der Waals surface area contributed by atoms with Gasteiger partial charge in [0.05, 0.1) is 40.1 Å². The predicted molar refractivity (Wildman–Crippen MR) is 223 cm³/mol. The highest BCUT2D eigenvalue weighted by molar-refractivity contribution is 6.32. The van der Waals surface area contributed by atoms with E-state index in [0.717, 1.165) is 76.7 Å². The van der Waals surface area contributed by atoms with Crippen LogP contribution in [0.4, 0.5) is 5.82 Å². The number of ether oxygens (including phenoxy) is 1. The van der Waals surface area contributed by atoms with Crippen molar-refractivity contribution in [1.29, 1.82) is 0 Å². The van der Waals surface area contributed by atoms with Gasteiger partial charge in [-0.05, 0) is 68.7 Å².